The molecular weight excluding hydrogens is 264 g/mol. The Hall–Kier alpha value is -1.12. The van der Waals surface area contributed by atoms with E-state index in [2.05, 4.69) is 15.9 Å². The molecule has 0 aliphatic heterocycles. The maximum atomic E-state index is 10.2. The fraction of sp³-hybridized carbons (Fsp3) is 0.143. The van der Waals surface area contributed by atoms with Crippen LogP contribution in [0.15, 0.2) is 53.0 Å². The highest BCUT2D eigenvalue weighted by Crippen LogP contribution is 2.24. The molecule has 0 saturated carbocycles. The third-order valence-electron chi connectivity index (χ3n) is 2.52. The molecule has 0 amide bonds. The van der Waals surface area contributed by atoms with E-state index in [0.717, 1.165) is 21.2 Å². The number of hydrogen-bond donors (Lipinski definition) is 1. The fourth-order valence-corrected chi connectivity index (χ4v) is 2.13. The molecule has 16 heavy (non-hydrogen) atoms. The predicted molar refractivity (Wildman–Crippen MR) is 69.4 cm³/mol. The molecular formula is C14H13BrO. The van der Waals surface area contributed by atoms with Crippen molar-refractivity contribution < 1.29 is 5.11 Å². The topological polar surface area (TPSA) is 20.2 Å². The Balaban J connectivity index is 2.35. The van der Waals surface area contributed by atoms with Crippen molar-refractivity contribution in [3.05, 3.63) is 69.7 Å². The van der Waals surface area contributed by atoms with E-state index in [1.807, 2.05) is 55.5 Å². The number of aliphatic hydroxyl groups excluding tert-OH is 1. The van der Waals surface area contributed by atoms with Gasteiger partial charge in [0.15, 0.2) is 0 Å². The molecule has 0 aliphatic carbocycles. The zero-order valence-electron chi connectivity index (χ0n) is 9.02. The van der Waals surface area contributed by atoms with Crippen molar-refractivity contribution in [3.8, 4) is 0 Å². The Labute approximate surface area is 104 Å². The van der Waals surface area contributed by atoms with Crippen LogP contribution in [0.2, 0.25) is 0 Å². The van der Waals surface area contributed by atoms with E-state index in [1.165, 1.54) is 0 Å². The zero-order chi connectivity index (χ0) is 11.5. The summed E-state index contributed by atoms with van der Waals surface area (Å²) in [4.78, 5) is 0. The Kier molecular flexibility index (Phi) is 3.42. The first-order valence-electron chi connectivity index (χ1n) is 5.17. The molecule has 0 unspecified atom stereocenters. The average molecular weight is 277 g/mol. The summed E-state index contributed by atoms with van der Waals surface area (Å²) in [6, 6.07) is 15.7. The quantitative estimate of drug-likeness (QED) is 0.884. The molecule has 1 N–H and O–H groups in total. The van der Waals surface area contributed by atoms with Crippen LogP contribution in [-0.2, 0) is 0 Å². The molecule has 0 spiro atoms. The second-order valence-electron chi connectivity index (χ2n) is 3.87. The third-order valence-corrected chi connectivity index (χ3v) is 3.02. The molecule has 2 aromatic carbocycles. The maximum absolute atomic E-state index is 10.2. The lowest BCUT2D eigenvalue weighted by Gasteiger charge is -2.12. The van der Waals surface area contributed by atoms with Crippen molar-refractivity contribution in [2.24, 2.45) is 0 Å². The summed E-state index contributed by atoms with van der Waals surface area (Å²) in [5.41, 5.74) is 2.99. The minimum absolute atomic E-state index is 0.558. The van der Waals surface area contributed by atoms with Crippen molar-refractivity contribution in [2.45, 2.75) is 13.0 Å². The molecule has 2 heteroatoms. The summed E-state index contributed by atoms with van der Waals surface area (Å²) in [5.74, 6) is 0. The second kappa shape index (κ2) is 4.81. The van der Waals surface area contributed by atoms with Crippen molar-refractivity contribution in [2.75, 3.05) is 0 Å². The third kappa shape index (κ3) is 2.52. The van der Waals surface area contributed by atoms with Crippen molar-refractivity contribution >= 4 is 15.9 Å². The van der Waals surface area contributed by atoms with Gasteiger partial charge in [0.05, 0.1) is 0 Å². The van der Waals surface area contributed by atoms with Gasteiger partial charge in [-0.25, -0.2) is 0 Å². The summed E-state index contributed by atoms with van der Waals surface area (Å²) in [5, 5.41) is 10.2. The van der Waals surface area contributed by atoms with Gasteiger partial charge in [0.25, 0.3) is 0 Å². The summed E-state index contributed by atoms with van der Waals surface area (Å²) in [6.45, 7) is 2.02. The zero-order valence-corrected chi connectivity index (χ0v) is 10.6. The van der Waals surface area contributed by atoms with Crippen LogP contribution in [0, 0.1) is 6.92 Å². The molecule has 0 heterocycles. The number of rotatable bonds is 2. The molecule has 0 saturated heterocycles. The summed E-state index contributed by atoms with van der Waals surface area (Å²) >= 11 is 3.41. The highest BCUT2D eigenvalue weighted by Gasteiger charge is 2.10. The van der Waals surface area contributed by atoms with Crippen LogP contribution in [0.4, 0.5) is 0 Å². The second-order valence-corrected chi connectivity index (χ2v) is 4.79. The van der Waals surface area contributed by atoms with Gasteiger partial charge in [0.2, 0.25) is 0 Å². The lowest BCUT2D eigenvalue weighted by Crippen LogP contribution is -1.99. The Morgan fingerprint density at radius 2 is 1.62 bits per heavy atom. The van der Waals surface area contributed by atoms with E-state index in [0.29, 0.717) is 0 Å². The SMILES string of the molecule is Cc1cccc([C@H](O)c2cccc(Br)c2)c1. The first kappa shape index (κ1) is 11.4. The van der Waals surface area contributed by atoms with E-state index in [4.69, 9.17) is 0 Å². The van der Waals surface area contributed by atoms with Gasteiger partial charge in [0, 0.05) is 4.47 Å². The lowest BCUT2D eigenvalue weighted by molar-refractivity contribution is 0.220. The molecule has 0 aliphatic rings. The van der Waals surface area contributed by atoms with E-state index >= 15 is 0 Å². The smallest absolute Gasteiger partial charge is 0.104 e. The van der Waals surface area contributed by atoms with Crippen LogP contribution in [0.25, 0.3) is 0 Å². The largest absolute Gasteiger partial charge is 0.384 e. The number of aliphatic hydroxyl groups is 1. The molecule has 82 valence electrons. The summed E-state index contributed by atoms with van der Waals surface area (Å²) in [7, 11) is 0. The number of hydrogen-bond acceptors (Lipinski definition) is 1. The highest BCUT2D eigenvalue weighted by atomic mass is 79.9. The summed E-state index contributed by atoms with van der Waals surface area (Å²) in [6.07, 6.45) is -0.558. The fourth-order valence-electron chi connectivity index (χ4n) is 1.71. The monoisotopic (exact) mass is 276 g/mol. The molecule has 1 nitrogen and oxygen atoms in total. The van der Waals surface area contributed by atoms with E-state index < -0.39 is 6.10 Å². The molecule has 2 aromatic rings. The average Bonchev–Trinajstić information content (AvgIpc) is 2.28. The molecule has 0 bridgehead atoms. The minimum Gasteiger partial charge on any atom is -0.384 e. The van der Waals surface area contributed by atoms with E-state index in [9.17, 15) is 5.11 Å². The van der Waals surface area contributed by atoms with Gasteiger partial charge in [-0.1, -0.05) is 57.9 Å². The Bertz CT molecular complexity index is 448. The van der Waals surface area contributed by atoms with Crippen LogP contribution < -0.4 is 0 Å². The van der Waals surface area contributed by atoms with E-state index in [1.54, 1.807) is 0 Å². The first-order valence-corrected chi connectivity index (χ1v) is 5.96. The molecule has 0 radical (unpaired) electrons. The van der Waals surface area contributed by atoms with Crippen molar-refractivity contribution in [3.63, 3.8) is 0 Å². The Morgan fingerprint density at radius 1 is 1.00 bits per heavy atom. The van der Waals surface area contributed by atoms with Crippen LogP contribution in [0.3, 0.4) is 0 Å². The van der Waals surface area contributed by atoms with Crippen LogP contribution >= 0.6 is 15.9 Å². The lowest BCUT2D eigenvalue weighted by atomic mass is 10.0. The van der Waals surface area contributed by atoms with Crippen molar-refractivity contribution in [1.29, 1.82) is 0 Å². The number of halogens is 1. The van der Waals surface area contributed by atoms with Gasteiger partial charge >= 0.3 is 0 Å². The van der Waals surface area contributed by atoms with E-state index in [-0.39, 0.29) is 0 Å². The molecule has 0 aromatic heterocycles. The predicted octanol–water partition coefficient (Wildman–Crippen LogP) is 3.84. The molecule has 0 fully saturated rings. The van der Waals surface area contributed by atoms with Crippen LogP contribution in [-0.4, -0.2) is 5.11 Å². The van der Waals surface area contributed by atoms with Gasteiger partial charge in [-0.3, -0.25) is 0 Å². The van der Waals surface area contributed by atoms with Gasteiger partial charge in [-0.15, -0.1) is 0 Å². The Morgan fingerprint density at radius 3 is 2.25 bits per heavy atom. The maximum Gasteiger partial charge on any atom is 0.104 e. The summed E-state index contributed by atoms with van der Waals surface area (Å²) < 4.78 is 0.983. The van der Waals surface area contributed by atoms with Crippen molar-refractivity contribution in [1.82, 2.24) is 0 Å². The first-order chi connectivity index (χ1) is 7.66. The number of aryl methyl sites for hydroxylation is 1. The molecule has 2 rings (SSSR count). The van der Waals surface area contributed by atoms with Gasteiger partial charge in [0.1, 0.15) is 6.10 Å². The normalized spacial score (nSPS) is 12.4. The highest BCUT2D eigenvalue weighted by molar-refractivity contribution is 9.10. The number of benzene rings is 2. The van der Waals surface area contributed by atoms with Crippen LogP contribution in [0.5, 0.6) is 0 Å². The minimum atomic E-state index is -0.558. The van der Waals surface area contributed by atoms with Gasteiger partial charge in [-0.2, -0.15) is 0 Å². The van der Waals surface area contributed by atoms with Gasteiger partial charge in [-0.05, 0) is 30.2 Å². The standard InChI is InChI=1S/C14H13BrO/c1-10-4-2-5-11(8-10)14(16)12-6-3-7-13(15)9-12/h2-9,14,16H,1H3/t14-/m0/s1. The van der Waals surface area contributed by atoms with Crippen LogP contribution in [0.1, 0.15) is 22.8 Å². The molecule has 1 atom stereocenters. The van der Waals surface area contributed by atoms with Gasteiger partial charge < -0.3 is 5.11 Å².